The molecule has 0 atom stereocenters. The van der Waals surface area contributed by atoms with Gasteiger partial charge in [-0.1, -0.05) is 26.0 Å². The molecule has 0 fully saturated rings. The minimum atomic E-state index is 0.698. The quantitative estimate of drug-likeness (QED) is 0.683. The normalized spacial score (nSPS) is 10.9. The molecule has 1 aromatic carbocycles. The molecule has 0 amide bonds. The van der Waals surface area contributed by atoms with Crippen LogP contribution in [0.4, 0.5) is 0 Å². The van der Waals surface area contributed by atoms with Gasteiger partial charge in [-0.25, -0.2) is 0 Å². The van der Waals surface area contributed by atoms with Gasteiger partial charge in [-0.2, -0.15) is 0 Å². The van der Waals surface area contributed by atoms with Crippen LogP contribution in [0.1, 0.15) is 25.8 Å². The summed E-state index contributed by atoms with van der Waals surface area (Å²) in [6.45, 7) is 9.21. The van der Waals surface area contributed by atoms with Gasteiger partial charge in [0, 0.05) is 6.54 Å². The molecule has 18 heavy (non-hydrogen) atoms. The fourth-order valence-electron chi connectivity index (χ4n) is 1.94. The topological polar surface area (TPSA) is 38.5 Å². The van der Waals surface area contributed by atoms with E-state index in [9.17, 15) is 0 Å². The molecule has 0 spiro atoms. The second kappa shape index (κ2) is 8.95. The van der Waals surface area contributed by atoms with Crippen molar-refractivity contribution in [3.8, 4) is 5.75 Å². The number of benzene rings is 1. The summed E-state index contributed by atoms with van der Waals surface area (Å²) in [5.74, 6) is 0.954. The SMILES string of the molecule is CCN(CC)CCCOc1ccc(CCN)cc1. The lowest BCUT2D eigenvalue weighted by Crippen LogP contribution is -2.25. The number of hydrogen-bond donors (Lipinski definition) is 1. The smallest absolute Gasteiger partial charge is 0.119 e. The fourth-order valence-corrected chi connectivity index (χ4v) is 1.94. The van der Waals surface area contributed by atoms with E-state index in [1.54, 1.807) is 0 Å². The van der Waals surface area contributed by atoms with Gasteiger partial charge in [0.15, 0.2) is 0 Å². The lowest BCUT2D eigenvalue weighted by molar-refractivity contribution is 0.249. The van der Waals surface area contributed by atoms with Gasteiger partial charge >= 0.3 is 0 Å². The second-order valence-corrected chi connectivity index (χ2v) is 4.41. The van der Waals surface area contributed by atoms with Crippen LogP contribution in [0.25, 0.3) is 0 Å². The highest BCUT2D eigenvalue weighted by Crippen LogP contribution is 2.12. The van der Waals surface area contributed by atoms with Crippen molar-refractivity contribution >= 4 is 0 Å². The molecular formula is C15H26N2O. The third kappa shape index (κ3) is 5.52. The zero-order chi connectivity index (χ0) is 13.2. The van der Waals surface area contributed by atoms with Crippen LogP contribution in [0.5, 0.6) is 5.75 Å². The summed E-state index contributed by atoms with van der Waals surface area (Å²) in [4.78, 5) is 2.41. The summed E-state index contributed by atoms with van der Waals surface area (Å²) in [6, 6.07) is 8.24. The molecule has 0 aliphatic carbocycles. The Morgan fingerprint density at radius 3 is 2.33 bits per heavy atom. The molecule has 1 rings (SSSR count). The predicted molar refractivity (Wildman–Crippen MR) is 77.1 cm³/mol. The van der Waals surface area contributed by atoms with Gasteiger partial charge in [-0.15, -0.1) is 0 Å². The third-order valence-corrected chi connectivity index (χ3v) is 3.14. The van der Waals surface area contributed by atoms with E-state index in [1.165, 1.54) is 5.56 Å². The Balaban J connectivity index is 2.22. The van der Waals surface area contributed by atoms with Crippen LogP contribution >= 0.6 is 0 Å². The minimum absolute atomic E-state index is 0.698. The maximum atomic E-state index is 5.72. The van der Waals surface area contributed by atoms with Gasteiger partial charge < -0.3 is 15.4 Å². The zero-order valence-electron chi connectivity index (χ0n) is 11.7. The molecule has 3 nitrogen and oxygen atoms in total. The van der Waals surface area contributed by atoms with Gasteiger partial charge in [-0.3, -0.25) is 0 Å². The Hall–Kier alpha value is -1.06. The van der Waals surface area contributed by atoms with Crippen molar-refractivity contribution in [3.05, 3.63) is 29.8 Å². The molecule has 0 radical (unpaired) electrons. The zero-order valence-corrected chi connectivity index (χ0v) is 11.7. The minimum Gasteiger partial charge on any atom is -0.494 e. The largest absolute Gasteiger partial charge is 0.494 e. The van der Waals surface area contributed by atoms with E-state index in [0.29, 0.717) is 6.54 Å². The predicted octanol–water partition coefficient (Wildman–Crippen LogP) is 2.30. The maximum Gasteiger partial charge on any atom is 0.119 e. The molecule has 0 bridgehead atoms. The first kappa shape index (κ1) is 15.0. The molecule has 1 aromatic rings. The van der Waals surface area contributed by atoms with Crippen molar-refractivity contribution in [2.24, 2.45) is 5.73 Å². The summed E-state index contributed by atoms with van der Waals surface area (Å²) in [6.07, 6.45) is 2.01. The van der Waals surface area contributed by atoms with Crippen LogP contribution in [0.15, 0.2) is 24.3 Å². The van der Waals surface area contributed by atoms with Crippen LogP contribution in [0.2, 0.25) is 0 Å². The highest BCUT2D eigenvalue weighted by molar-refractivity contribution is 5.27. The van der Waals surface area contributed by atoms with E-state index >= 15 is 0 Å². The van der Waals surface area contributed by atoms with Gasteiger partial charge in [-0.05, 0) is 50.2 Å². The van der Waals surface area contributed by atoms with E-state index in [0.717, 1.165) is 44.8 Å². The average molecular weight is 250 g/mol. The maximum absolute atomic E-state index is 5.72. The third-order valence-electron chi connectivity index (χ3n) is 3.14. The molecule has 0 aliphatic heterocycles. The Bertz CT molecular complexity index is 307. The van der Waals surface area contributed by atoms with Crippen molar-refractivity contribution in [1.29, 1.82) is 0 Å². The standard InChI is InChI=1S/C15H26N2O/c1-3-17(4-2)12-5-13-18-15-8-6-14(7-9-15)10-11-16/h6-9H,3-5,10-13,16H2,1-2H3. The van der Waals surface area contributed by atoms with Gasteiger partial charge in [0.25, 0.3) is 0 Å². The number of ether oxygens (including phenoxy) is 1. The number of rotatable bonds is 9. The van der Waals surface area contributed by atoms with E-state index in [-0.39, 0.29) is 0 Å². The highest BCUT2D eigenvalue weighted by atomic mass is 16.5. The number of hydrogen-bond acceptors (Lipinski definition) is 3. The monoisotopic (exact) mass is 250 g/mol. The van der Waals surface area contributed by atoms with Crippen molar-refractivity contribution in [2.75, 3.05) is 32.8 Å². The summed E-state index contributed by atoms with van der Waals surface area (Å²) in [5.41, 5.74) is 6.79. The van der Waals surface area contributed by atoms with Crippen molar-refractivity contribution in [3.63, 3.8) is 0 Å². The first-order valence-corrected chi connectivity index (χ1v) is 6.94. The average Bonchev–Trinajstić information content (AvgIpc) is 2.41. The molecule has 102 valence electrons. The first-order chi connectivity index (χ1) is 8.80. The van der Waals surface area contributed by atoms with Gasteiger partial charge in [0.2, 0.25) is 0 Å². The number of nitrogens with two attached hydrogens (primary N) is 1. The van der Waals surface area contributed by atoms with Gasteiger partial charge in [0.1, 0.15) is 5.75 Å². The van der Waals surface area contributed by atoms with E-state index in [4.69, 9.17) is 10.5 Å². The molecule has 2 N–H and O–H groups in total. The Labute approximate surface area is 111 Å². The van der Waals surface area contributed by atoms with Crippen molar-refractivity contribution < 1.29 is 4.74 Å². The van der Waals surface area contributed by atoms with Gasteiger partial charge in [0.05, 0.1) is 6.61 Å². The molecule has 3 heteroatoms. The summed E-state index contributed by atoms with van der Waals surface area (Å²) < 4.78 is 5.72. The van der Waals surface area contributed by atoms with Crippen LogP contribution < -0.4 is 10.5 Å². The first-order valence-electron chi connectivity index (χ1n) is 6.94. The van der Waals surface area contributed by atoms with E-state index < -0.39 is 0 Å². The summed E-state index contributed by atoms with van der Waals surface area (Å²) in [7, 11) is 0. The van der Waals surface area contributed by atoms with E-state index in [2.05, 4.69) is 30.9 Å². The molecular weight excluding hydrogens is 224 g/mol. The molecule has 0 saturated heterocycles. The van der Waals surface area contributed by atoms with Crippen LogP contribution in [0.3, 0.4) is 0 Å². The van der Waals surface area contributed by atoms with Crippen LogP contribution in [-0.2, 0) is 6.42 Å². The van der Waals surface area contributed by atoms with Crippen LogP contribution in [0, 0.1) is 0 Å². The molecule has 0 aromatic heterocycles. The molecule has 0 aliphatic rings. The lowest BCUT2D eigenvalue weighted by atomic mass is 10.1. The molecule has 0 heterocycles. The summed E-state index contributed by atoms with van der Waals surface area (Å²) in [5, 5.41) is 0. The van der Waals surface area contributed by atoms with Crippen molar-refractivity contribution in [2.45, 2.75) is 26.7 Å². The van der Waals surface area contributed by atoms with Crippen molar-refractivity contribution in [1.82, 2.24) is 4.90 Å². The summed E-state index contributed by atoms with van der Waals surface area (Å²) >= 11 is 0. The lowest BCUT2D eigenvalue weighted by Gasteiger charge is -2.17. The second-order valence-electron chi connectivity index (χ2n) is 4.41. The molecule has 0 unspecified atom stereocenters. The molecule has 0 saturated carbocycles. The highest BCUT2D eigenvalue weighted by Gasteiger charge is 1.99. The van der Waals surface area contributed by atoms with E-state index in [1.807, 2.05) is 12.1 Å². The Kier molecular flexibility index (Phi) is 7.46. The Morgan fingerprint density at radius 1 is 1.11 bits per heavy atom. The Morgan fingerprint density at radius 2 is 1.78 bits per heavy atom. The number of nitrogens with zero attached hydrogens (tertiary/aromatic N) is 1. The van der Waals surface area contributed by atoms with Crippen LogP contribution in [-0.4, -0.2) is 37.7 Å². The fraction of sp³-hybridized carbons (Fsp3) is 0.600.